The molecule has 1 heterocycles. The van der Waals surface area contributed by atoms with Crippen LogP contribution >= 0.6 is 11.6 Å². The molecule has 0 saturated carbocycles. The van der Waals surface area contributed by atoms with Crippen molar-refractivity contribution in [1.29, 1.82) is 5.26 Å². The van der Waals surface area contributed by atoms with Gasteiger partial charge in [0.1, 0.15) is 0 Å². The first-order valence-electron chi connectivity index (χ1n) is 6.97. The quantitative estimate of drug-likeness (QED) is 0.803. The first-order valence-corrected chi connectivity index (χ1v) is 7.35. The van der Waals surface area contributed by atoms with E-state index < -0.39 is 0 Å². The fourth-order valence-corrected chi connectivity index (χ4v) is 2.21. The van der Waals surface area contributed by atoms with E-state index in [0.717, 1.165) is 12.0 Å². The van der Waals surface area contributed by atoms with E-state index in [4.69, 9.17) is 21.4 Å². The smallest absolute Gasteiger partial charge is 0.227 e. The fraction of sp³-hybridized carbons (Fsp3) is 0.438. The lowest BCUT2D eigenvalue weighted by atomic mass is 9.81. The first kappa shape index (κ1) is 15.5. The highest BCUT2D eigenvalue weighted by Crippen LogP contribution is 2.29. The van der Waals surface area contributed by atoms with Gasteiger partial charge in [0.25, 0.3) is 0 Å². The average molecular weight is 304 g/mol. The zero-order chi connectivity index (χ0) is 15.3. The van der Waals surface area contributed by atoms with E-state index in [0.29, 0.717) is 36.0 Å². The van der Waals surface area contributed by atoms with Gasteiger partial charge in [-0.25, -0.2) is 0 Å². The molecule has 0 fully saturated rings. The SMILES string of the molecule is CCC(C)(CC#N)Cc1nc(Cc2ccc(Cl)cc2)no1. The molecular weight excluding hydrogens is 286 g/mol. The van der Waals surface area contributed by atoms with E-state index in [1.165, 1.54) is 0 Å². The number of hydrogen-bond donors (Lipinski definition) is 0. The van der Waals surface area contributed by atoms with Gasteiger partial charge in [-0.1, -0.05) is 42.7 Å². The second kappa shape index (κ2) is 6.73. The van der Waals surface area contributed by atoms with Crippen molar-refractivity contribution in [3.8, 4) is 6.07 Å². The first-order chi connectivity index (χ1) is 10.0. The van der Waals surface area contributed by atoms with Gasteiger partial charge < -0.3 is 4.52 Å². The highest BCUT2D eigenvalue weighted by atomic mass is 35.5. The molecule has 4 nitrogen and oxygen atoms in total. The highest BCUT2D eigenvalue weighted by molar-refractivity contribution is 6.30. The summed E-state index contributed by atoms with van der Waals surface area (Å²) < 4.78 is 5.31. The lowest BCUT2D eigenvalue weighted by Crippen LogP contribution is -2.18. The van der Waals surface area contributed by atoms with Gasteiger partial charge in [-0.05, 0) is 29.5 Å². The summed E-state index contributed by atoms with van der Waals surface area (Å²) in [5.41, 5.74) is 0.973. The largest absolute Gasteiger partial charge is 0.339 e. The molecule has 0 N–H and O–H groups in total. The average Bonchev–Trinajstić information content (AvgIpc) is 2.88. The van der Waals surface area contributed by atoms with Gasteiger partial charge in [-0.2, -0.15) is 10.2 Å². The molecule has 2 rings (SSSR count). The monoisotopic (exact) mass is 303 g/mol. The molecule has 0 aliphatic heterocycles. The molecule has 0 aliphatic rings. The minimum atomic E-state index is -0.112. The number of hydrogen-bond acceptors (Lipinski definition) is 4. The number of benzene rings is 1. The zero-order valence-electron chi connectivity index (χ0n) is 12.3. The third kappa shape index (κ3) is 4.30. The van der Waals surface area contributed by atoms with Crippen LogP contribution in [-0.2, 0) is 12.8 Å². The number of nitriles is 1. The number of rotatable bonds is 6. The topological polar surface area (TPSA) is 62.7 Å². The molecule has 0 spiro atoms. The van der Waals surface area contributed by atoms with Crippen LogP contribution < -0.4 is 0 Å². The molecule has 0 saturated heterocycles. The van der Waals surface area contributed by atoms with Gasteiger partial charge in [0.15, 0.2) is 5.82 Å². The highest BCUT2D eigenvalue weighted by Gasteiger charge is 2.25. The predicted octanol–water partition coefficient (Wildman–Crippen LogP) is 4.19. The van der Waals surface area contributed by atoms with E-state index in [2.05, 4.69) is 30.1 Å². The zero-order valence-corrected chi connectivity index (χ0v) is 13.0. The standard InChI is InChI=1S/C16H18ClN3O/c1-3-16(2,8-9-18)11-15-19-14(20-21-15)10-12-4-6-13(17)7-5-12/h4-7H,3,8,10-11H2,1-2H3. The minimum absolute atomic E-state index is 0.112. The molecule has 2 aromatic rings. The van der Waals surface area contributed by atoms with Crippen molar-refractivity contribution in [3.05, 3.63) is 46.6 Å². The van der Waals surface area contributed by atoms with E-state index in [9.17, 15) is 0 Å². The molecule has 1 aromatic heterocycles. The number of nitrogens with zero attached hydrogens (tertiary/aromatic N) is 3. The lowest BCUT2D eigenvalue weighted by molar-refractivity contribution is 0.265. The van der Waals surface area contributed by atoms with Crippen molar-refractivity contribution in [1.82, 2.24) is 10.1 Å². The normalized spacial score (nSPS) is 13.6. The van der Waals surface area contributed by atoms with Gasteiger partial charge in [0.2, 0.25) is 5.89 Å². The molecule has 1 aromatic carbocycles. The van der Waals surface area contributed by atoms with Crippen molar-refractivity contribution in [2.75, 3.05) is 0 Å². The summed E-state index contributed by atoms with van der Waals surface area (Å²) in [5, 5.41) is 13.6. The van der Waals surface area contributed by atoms with Crippen LogP contribution in [0.15, 0.2) is 28.8 Å². The summed E-state index contributed by atoms with van der Waals surface area (Å²) in [6.45, 7) is 4.14. The third-order valence-corrected chi connectivity index (χ3v) is 3.98. The van der Waals surface area contributed by atoms with Crippen molar-refractivity contribution in [3.63, 3.8) is 0 Å². The molecule has 0 radical (unpaired) electrons. The molecule has 110 valence electrons. The van der Waals surface area contributed by atoms with Crippen molar-refractivity contribution >= 4 is 11.6 Å². The Bertz CT molecular complexity index is 630. The maximum atomic E-state index is 8.91. The molecule has 21 heavy (non-hydrogen) atoms. The maximum Gasteiger partial charge on any atom is 0.227 e. The molecule has 1 unspecified atom stereocenters. The second-order valence-corrected chi connectivity index (χ2v) is 6.02. The molecule has 0 bridgehead atoms. The van der Waals surface area contributed by atoms with Crippen LogP contribution in [0.3, 0.4) is 0 Å². The van der Waals surface area contributed by atoms with Gasteiger partial charge in [-0.3, -0.25) is 0 Å². The third-order valence-electron chi connectivity index (χ3n) is 3.72. The summed E-state index contributed by atoms with van der Waals surface area (Å²) in [6.07, 6.45) is 2.63. The Morgan fingerprint density at radius 1 is 1.33 bits per heavy atom. The van der Waals surface area contributed by atoms with Crippen molar-refractivity contribution < 1.29 is 4.52 Å². The van der Waals surface area contributed by atoms with Gasteiger partial charge in [0.05, 0.1) is 6.07 Å². The Balaban J connectivity index is 2.04. The number of aromatic nitrogens is 2. The summed E-state index contributed by atoms with van der Waals surface area (Å²) in [5.74, 6) is 1.25. The number of halogens is 1. The summed E-state index contributed by atoms with van der Waals surface area (Å²) in [7, 11) is 0. The van der Waals surface area contributed by atoms with Crippen LogP contribution in [0.25, 0.3) is 0 Å². The van der Waals surface area contributed by atoms with Gasteiger partial charge in [0, 0.05) is 24.3 Å². The van der Waals surface area contributed by atoms with Crippen LogP contribution in [0.4, 0.5) is 0 Å². The van der Waals surface area contributed by atoms with Crippen LogP contribution in [0, 0.1) is 16.7 Å². The Morgan fingerprint density at radius 3 is 2.67 bits per heavy atom. The van der Waals surface area contributed by atoms with Gasteiger partial charge >= 0.3 is 0 Å². The summed E-state index contributed by atoms with van der Waals surface area (Å²) >= 11 is 5.86. The van der Waals surface area contributed by atoms with Crippen LogP contribution in [0.2, 0.25) is 5.02 Å². The predicted molar refractivity (Wildman–Crippen MR) is 80.9 cm³/mol. The minimum Gasteiger partial charge on any atom is -0.339 e. The summed E-state index contributed by atoms with van der Waals surface area (Å²) in [4.78, 5) is 4.42. The van der Waals surface area contributed by atoms with E-state index in [1.54, 1.807) is 0 Å². The van der Waals surface area contributed by atoms with Crippen LogP contribution in [0.5, 0.6) is 0 Å². The van der Waals surface area contributed by atoms with Crippen LogP contribution in [-0.4, -0.2) is 10.1 Å². The second-order valence-electron chi connectivity index (χ2n) is 5.58. The molecule has 0 aliphatic carbocycles. The van der Waals surface area contributed by atoms with E-state index in [-0.39, 0.29) is 5.41 Å². The van der Waals surface area contributed by atoms with Crippen molar-refractivity contribution in [2.45, 2.75) is 39.5 Å². The fourth-order valence-electron chi connectivity index (χ4n) is 2.09. The molecule has 5 heteroatoms. The Morgan fingerprint density at radius 2 is 2.05 bits per heavy atom. The molecule has 0 amide bonds. The Hall–Kier alpha value is -1.86. The Labute approximate surface area is 129 Å². The summed E-state index contributed by atoms with van der Waals surface area (Å²) in [6, 6.07) is 9.82. The van der Waals surface area contributed by atoms with E-state index >= 15 is 0 Å². The van der Waals surface area contributed by atoms with E-state index in [1.807, 2.05) is 24.3 Å². The van der Waals surface area contributed by atoms with Crippen molar-refractivity contribution in [2.24, 2.45) is 5.41 Å². The van der Waals surface area contributed by atoms with Crippen LogP contribution in [0.1, 0.15) is 44.0 Å². The van der Waals surface area contributed by atoms with Gasteiger partial charge in [-0.15, -0.1) is 0 Å². The Kier molecular flexibility index (Phi) is 4.98. The lowest BCUT2D eigenvalue weighted by Gasteiger charge is -2.22. The maximum absolute atomic E-state index is 8.91. The molecule has 1 atom stereocenters. The molecular formula is C16H18ClN3O.